The summed E-state index contributed by atoms with van der Waals surface area (Å²) in [5.41, 5.74) is 3.65. The van der Waals surface area contributed by atoms with Gasteiger partial charge in [-0.15, -0.1) is 0 Å². The maximum Gasteiger partial charge on any atom is 0.262 e. The summed E-state index contributed by atoms with van der Waals surface area (Å²) in [4.78, 5) is 54.0. The molecule has 1 aromatic heterocycles. The molecule has 0 spiro atoms. The lowest BCUT2D eigenvalue weighted by molar-refractivity contribution is -0.135. The van der Waals surface area contributed by atoms with E-state index < -0.39 is 11.9 Å². The zero-order valence-corrected chi connectivity index (χ0v) is 18.2. The molecule has 0 radical (unpaired) electrons. The van der Waals surface area contributed by atoms with Gasteiger partial charge in [-0.3, -0.25) is 29.1 Å². The molecular formula is C24H24N4O4. The Morgan fingerprint density at radius 2 is 1.88 bits per heavy atom. The topological polar surface area (TPSA) is 110 Å². The van der Waals surface area contributed by atoms with Crippen LogP contribution in [-0.4, -0.2) is 27.3 Å². The third-order valence-electron chi connectivity index (χ3n) is 5.89. The second-order valence-electron chi connectivity index (χ2n) is 8.13. The highest BCUT2D eigenvalue weighted by Crippen LogP contribution is 2.20. The van der Waals surface area contributed by atoms with Gasteiger partial charge in [-0.05, 0) is 68.1 Å². The average molecular weight is 432 g/mol. The molecule has 1 aliphatic heterocycles. The molecule has 2 aromatic carbocycles. The first-order valence-corrected chi connectivity index (χ1v) is 10.5. The van der Waals surface area contributed by atoms with Crippen LogP contribution in [0.2, 0.25) is 0 Å². The summed E-state index contributed by atoms with van der Waals surface area (Å²) in [6, 6.07) is 9.99. The van der Waals surface area contributed by atoms with Gasteiger partial charge in [-0.1, -0.05) is 12.1 Å². The second kappa shape index (κ2) is 8.37. The number of hydrogen-bond acceptors (Lipinski definition) is 5. The van der Waals surface area contributed by atoms with Gasteiger partial charge in [0.05, 0.1) is 10.9 Å². The van der Waals surface area contributed by atoms with Crippen LogP contribution in [0.4, 0.5) is 0 Å². The Morgan fingerprint density at radius 3 is 2.59 bits per heavy atom. The molecule has 0 aliphatic carbocycles. The van der Waals surface area contributed by atoms with E-state index in [1.165, 1.54) is 4.57 Å². The maximum absolute atomic E-state index is 13.2. The summed E-state index contributed by atoms with van der Waals surface area (Å²) < 4.78 is 1.35. The Hall–Kier alpha value is -3.81. The van der Waals surface area contributed by atoms with E-state index in [4.69, 9.17) is 0 Å². The van der Waals surface area contributed by atoms with Gasteiger partial charge >= 0.3 is 0 Å². The van der Waals surface area contributed by atoms with E-state index in [1.807, 2.05) is 32.0 Å². The number of nitrogens with one attached hydrogen (secondary N) is 2. The third-order valence-corrected chi connectivity index (χ3v) is 5.89. The van der Waals surface area contributed by atoms with Crippen LogP contribution in [0.3, 0.4) is 0 Å². The van der Waals surface area contributed by atoms with Crippen molar-refractivity contribution in [1.29, 1.82) is 0 Å². The Balaban J connectivity index is 1.61. The summed E-state index contributed by atoms with van der Waals surface area (Å²) in [5, 5.41) is 5.52. The lowest BCUT2D eigenvalue weighted by Crippen LogP contribution is -2.45. The van der Waals surface area contributed by atoms with Crippen molar-refractivity contribution in [3.63, 3.8) is 0 Å². The Kier molecular flexibility index (Phi) is 5.61. The van der Waals surface area contributed by atoms with Crippen LogP contribution in [0, 0.1) is 20.8 Å². The van der Waals surface area contributed by atoms with E-state index in [2.05, 4.69) is 15.6 Å². The minimum atomic E-state index is -0.773. The summed E-state index contributed by atoms with van der Waals surface area (Å²) in [6.07, 6.45) is 0.426. The van der Waals surface area contributed by atoms with Gasteiger partial charge in [-0.25, -0.2) is 4.98 Å². The molecule has 0 bridgehead atoms. The van der Waals surface area contributed by atoms with Crippen molar-refractivity contribution in [3.8, 4) is 0 Å². The molecule has 32 heavy (non-hydrogen) atoms. The molecule has 1 atom stereocenters. The van der Waals surface area contributed by atoms with Crippen molar-refractivity contribution in [2.75, 3.05) is 0 Å². The van der Waals surface area contributed by atoms with Gasteiger partial charge in [0.1, 0.15) is 11.9 Å². The SMILES string of the molecule is Cc1ccc(C(=O)NCc2ccc3nc(C)n([C@H]4CCC(=O)NC4=O)c(=O)c3c2)cc1C. The molecule has 3 amide bonds. The molecule has 2 N–H and O–H groups in total. The predicted molar refractivity (Wildman–Crippen MR) is 119 cm³/mol. The van der Waals surface area contributed by atoms with Crippen molar-refractivity contribution >= 4 is 28.6 Å². The maximum atomic E-state index is 13.2. The number of aromatic nitrogens is 2. The first kappa shape index (κ1) is 21.4. The van der Waals surface area contributed by atoms with Crippen LogP contribution < -0.4 is 16.2 Å². The number of nitrogens with zero attached hydrogens (tertiary/aromatic N) is 2. The largest absolute Gasteiger partial charge is 0.348 e. The summed E-state index contributed by atoms with van der Waals surface area (Å²) in [6.45, 7) is 5.86. The number of piperidine rings is 1. The Morgan fingerprint density at radius 1 is 1.09 bits per heavy atom. The van der Waals surface area contributed by atoms with Crippen LogP contribution in [0.25, 0.3) is 10.9 Å². The molecule has 2 heterocycles. The minimum absolute atomic E-state index is 0.172. The van der Waals surface area contributed by atoms with Crippen LogP contribution in [-0.2, 0) is 16.1 Å². The van der Waals surface area contributed by atoms with Gasteiger partial charge in [0.2, 0.25) is 11.8 Å². The van der Waals surface area contributed by atoms with E-state index in [1.54, 1.807) is 25.1 Å². The lowest BCUT2D eigenvalue weighted by Gasteiger charge is -2.24. The minimum Gasteiger partial charge on any atom is -0.348 e. The zero-order valence-electron chi connectivity index (χ0n) is 18.2. The lowest BCUT2D eigenvalue weighted by atomic mass is 10.0. The zero-order chi connectivity index (χ0) is 23.0. The number of rotatable bonds is 4. The number of benzene rings is 2. The molecule has 0 saturated carbocycles. The van der Waals surface area contributed by atoms with E-state index in [9.17, 15) is 19.2 Å². The van der Waals surface area contributed by atoms with Crippen molar-refractivity contribution < 1.29 is 14.4 Å². The number of carbonyl (C=O) groups excluding carboxylic acids is 3. The van der Waals surface area contributed by atoms with Crippen LogP contribution in [0.1, 0.15) is 51.8 Å². The van der Waals surface area contributed by atoms with Gasteiger partial charge < -0.3 is 5.32 Å². The molecule has 3 aromatic rings. The van der Waals surface area contributed by atoms with Crippen LogP contribution >= 0.6 is 0 Å². The quantitative estimate of drug-likeness (QED) is 0.615. The summed E-state index contributed by atoms with van der Waals surface area (Å²) in [5.74, 6) is -0.624. The number of carbonyl (C=O) groups is 3. The van der Waals surface area contributed by atoms with Crippen molar-refractivity contribution in [2.24, 2.45) is 0 Å². The highest BCUT2D eigenvalue weighted by atomic mass is 16.2. The van der Waals surface area contributed by atoms with E-state index in [-0.39, 0.29) is 36.8 Å². The van der Waals surface area contributed by atoms with E-state index >= 15 is 0 Å². The first-order valence-electron chi connectivity index (χ1n) is 10.5. The molecule has 4 rings (SSSR count). The standard InChI is InChI=1S/C24H24N4O4/c1-13-4-6-17(10-14(13)2)22(30)25-12-16-5-7-19-18(11-16)24(32)28(15(3)26-19)20-8-9-21(29)27-23(20)31/h4-7,10-11,20H,8-9,12H2,1-3H3,(H,25,30)(H,27,29,31)/t20-/m0/s1. The van der Waals surface area contributed by atoms with Crippen LogP contribution in [0.5, 0.6) is 0 Å². The second-order valence-corrected chi connectivity index (χ2v) is 8.13. The molecule has 1 saturated heterocycles. The Labute approximate surface area is 184 Å². The number of aryl methyl sites for hydroxylation is 3. The van der Waals surface area contributed by atoms with Crippen molar-refractivity contribution in [2.45, 2.75) is 46.2 Å². The molecule has 164 valence electrons. The Bertz CT molecular complexity index is 1330. The normalized spacial score (nSPS) is 16.2. The molecular weight excluding hydrogens is 408 g/mol. The number of hydrogen-bond donors (Lipinski definition) is 2. The third kappa shape index (κ3) is 4.03. The molecule has 1 fully saturated rings. The first-order chi connectivity index (χ1) is 15.2. The van der Waals surface area contributed by atoms with Gasteiger partial charge in [0, 0.05) is 18.5 Å². The molecule has 8 nitrogen and oxygen atoms in total. The highest BCUT2D eigenvalue weighted by molar-refractivity contribution is 5.99. The smallest absolute Gasteiger partial charge is 0.262 e. The fourth-order valence-electron chi connectivity index (χ4n) is 3.93. The summed E-state index contributed by atoms with van der Waals surface area (Å²) >= 11 is 0. The van der Waals surface area contributed by atoms with E-state index in [0.717, 1.165) is 16.7 Å². The predicted octanol–water partition coefficient (Wildman–Crippen LogP) is 2.23. The highest BCUT2D eigenvalue weighted by Gasteiger charge is 2.30. The molecule has 1 aliphatic rings. The van der Waals surface area contributed by atoms with Crippen LogP contribution in [0.15, 0.2) is 41.2 Å². The monoisotopic (exact) mass is 432 g/mol. The van der Waals surface area contributed by atoms with Crippen molar-refractivity contribution in [3.05, 3.63) is 74.8 Å². The fraction of sp³-hybridized carbons (Fsp3) is 0.292. The molecule has 8 heteroatoms. The van der Waals surface area contributed by atoms with Gasteiger partial charge in [0.25, 0.3) is 11.5 Å². The van der Waals surface area contributed by atoms with Gasteiger partial charge in [0.15, 0.2) is 0 Å². The summed E-state index contributed by atoms with van der Waals surface area (Å²) in [7, 11) is 0. The van der Waals surface area contributed by atoms with Gasteiger partial charge in [-0.2, -0.15) is 0 Å². The molecule has 0 unspecified atom stereocenters. The van der Waals surface area contributed by atoms with E-state index in [0.29, 0.717) is 22.3 Å². The number of imide groups is 1. The average Bonchev–Trinajstić information content (AvgIpc) is 2.75. The number of amides is 3. The number of fused-ring (bicyclic) bond motifs is 1. The van der Waals surface area contributed by atoms with Crippen molar-refractivity contribution in [1.82, 2.24) is 20.2 Å². The fourth-order valence-corrected chi connectivity index (χ4v) is 3.93.